The van der Waals surface area contributed by atoms with Crippen LogP contribution in [0.25, 0.3) is 0 Å². The van der Waals surface area contributed by atoms with Crippen LogP contribution in [0.4, 0.5) is 0 Å². The highest BCUT2D eigenvalue weighted by Gasteiger charge is 2.53. The van der Waals surface area contributed by atoms with Crippen LogP contribution in [-0.2, 0) is 5.21 Å². The van der Waals surface area contributed by atoms with Gasteiger partial charge in [0.25, 0.3) is 0 Å². The first-order valence-corrected chi connectivity index (χ1v) is 5.61. The number of hydrogen-bond acceptors (Lipinski definition) is 1. The molecule has 0 aromatic rings. The first kappa shape index (κ1) is 12.0. The monoisotopic (exact) mass is 198 g/mol. The van der Waals surface area contributed by atoms with Crippen molar-refractivity contribution in [1.82, 2.24) is 5.06 Å². The van der Waals surface area contributed by atoms with Crippen molar-refractivity contribution in [2.75, 3.05) is 0 Å². The smallest absolute Gasteiger partial charge is 0.0471 e. The molecule has 1 aliphatic heterocycles. The van der Waals surface area contributed by atoms with Crippen LogP contribution in [0.5, 0.6) is 0 Å². The average Bonchev–Trinajstić information content (AvgIpc) is 2.11. The summed E-state index contributed by atoms with van der Waals surface area (Å²) in [6.07, 6.45) is 0. The van der Waals surface area contributed by atoms with E-state index in [0.717, 1.165) is 0 Å². The predicted molar refractivity (Wildman–Crippen MR) is 58.2 cm³/mol. The van der Waals surface area contributed by atoms with Gasteiger partial charge in [-0.15, -0.1) is 10.3 Å². The summed E-state index contributed by atoms with van der Waals surface area (Å²) in [7, 11) is 0. The van der Waals surface area contributed by atoms with E-state index in [1.54, 1.807) is 0 Å². The highest BCUT2D eigenvalue weighted by atomic mass is 16.5. The summed E-state index contributed by atoms with van der Waals surface area (Å²) in [5, 5.41) is 13.6. The van der Waals surface area contributed by atoms with Crippen LogP contribution in [0.15, 0.2) is 0 Å². The molecule has 1 heterocycles. The fourth-order valence-electron chi connectivity index (χ4n) is 2.83. The quantitative estimate of drug-likeness (QED) is 0.586. The van der Waals surface area contributed by atoms with Crippen molar-refractivity contribution in [2.24, 2.45) is 17.8 Å². The average molecular weight is 198 g/mol. The molecule has 1 rings (SSSR count). The van der Waals surface area contributed by atoms with E-state index in [1.165, 1.54) is 5.06 Å². The fourth-order valence-corrected chi connectivity index (χ4v) is 2.83. The van der Waals surface area contributed by atoms with Crippen LogP contribution < -0.4 is 0 Å². The summed E-state index contributed by atoms with van der Waals surface area (Å²) >= 11 is 0. The van der Waals surface area contributed by atoms with Crippen molar-refractivity contribution < 1.29 is 5.21 Å². The molecule has 0 N–H and O–H groups in total. The van der Waals surface area contributed by atoms with Crippen molar-refractivity contribution in [2.45, 2.75) is 59.5 Å². The maximum absolute atomic E-state index is 12.3. The predicted octanol–water partition coefficient (Wildman–Crippen LogP) is 3.11. The second kappa shape index (κ2) is 3.21. The van der Waals surface area contributed by atoms with Crippen LogP contribution >= 0.6 is 0 Å². The molecule has 1 fully saturated rings. The Kier molecular flexibility index (Phi) is 2.75. The summed E-state index contributed by atoms with van der Waals surface area (Å²) in [5.74, 6) is 1.50. The normalized spacial score (nSPS) is 42.4. The highest BCUT2D eigenvalue weighted by Crippen LogP contribution is 2.47. The summed E-state index contributed by atoms with van der Waals surface area (Å²) < 4.78 is 0. The van der Waals surface area contributed by atoms with E-state index in [9.17, 15) is 5.21 Å². The molecule has 0 aromatic heterocycles. The Morgan fingerprint density at radius 2 is 1.14 bits per heavy atom. The zero-order valence-corrected chi connectivity index (χ0v) is 10.6. The molecule has 0 saturated carbocycles. The van der Waals surface area contributed by atoms with Crippen LogP contribution in [0, 0.1) is 17.8 Å². The standard InChI is InChI=1S/C12H24NO/c1-8-9(2)11(4,5)13(14)12(6,7)10(8)3/h8-10H,1-7H3. The molecule has 2 atom stereocenters. The molecule has 0 bridgehead atoms. The molecule has 83 valence electrons. The van der Waals surface area contributed by atoms with E-state index in [2.05, 4.69) is 48.5 Å². The van der Waals surface area contributed by atoms with Crippen LogP contribution in [0.3, 0.4) is 0 Å². The molecular weight excluding hydrogens is 174 g/mol. The molecule has 2 unspecified atom stereocenters. The molecule has 1 saturated heterocycles. The van der Waals surface area contributed by atoms with Gasteiger partial charge in [0.2, 0.25) is 0 Å². The van der Waals surface area contributed by atoms with Gasteiger partial charge in [-0.1, -0.05) is 20.8 Å². The third-order valence-electron chi connectivity index (χ3n) is 4.85. The maximum atomic E-state index is 12.3. The molecule has 0 spiro atoms. The Morgan fingerprint density at radius 3 is 1.43 bits per heavy atom. The Hall–Kier alpha value is -0.0800. The summed E-state index contributed by atoms with van der Waals surface area (Å²) in [4.78, 5) is 0. The van der Waals surface area contributed by atoms with Gasteiger partial charge in [0.05, 0.1) is 0 Å². The molecular formula is C12H24NO. The van der Waals surface area contributed by atoms with Gasteiger partial charge in [-0.05, 0) is 45.4 Å². The van der Waals surface area contributed by atoms with E-state index in [-0.39, 0.29) is 11.1 Å². The lowest BCUT2D eigenvalue weighted by Gasteiger charge is -2.56. The zero-order valence-electron chi connectivity index (χ0n) is 10.6. The van der Waals surface area contributed by atoms with E-state index in [1.807, 2.05) is 0 Å². The van der Waals surface area contributed by atoms with Gasteiger partial charge in [0.1, 0.15) is 0 Å². The third-order valence-corrected chi connectivity index (χ3v) is 4.85. The largest absolute Gasteiger partial charge is 0.143 e. The van der Waals surface area contributed by atoms with Gasteiger partial charge in [-0.2, -0.15) is 0 Å². The first-order valence-electron chi connectivity index (χ1n) is 5.61. The minimum Gasteiger partial charge on any atom is -0.143 e. The Balaban J connectivity index is 3.09. The summed E-state index contributed by atoms with van der Waals surface area (Å²) in [5.41, 5.74) is -0.481. The van der Waals surface area contributed by atoms with Gasteiger partial charge in [-0.25, -0.2) is 0 Å². The second-order valence-corrected chi connectivity index (χ2v) is 6.04. The van der Waals surface area contributed by atoms with Gasteiger partial charge < -0.3 is 0 Å². The summed E-state index contributed by atoms with van der Waals surface area (Å²) in [6, 6.07) is 0. The van der Waals surface area contributed by atoms with Crippen LogP contribution in [-0.4, -0.2) is 16.1 Å². The number of hydrogen-bond donors (Lipinski definition) is 0. The molecule has 2 heteroatoms. The fraction of sp³-hybridized carbons (Fsp3) is 1.00. The molecule has 1 radical (unpaired) electrons. The molecule has 1 aliphatic rings. The SMILES string of the molecule is CC1C(C)C(C)(C)N([O])C(C)(C)C1C. The molecule has 0 aromatic carbocycles. The minimum atomic E-state index is -0.241. The molecule has 2 nitrogen and oxygen atoms in total. The third kappa shape index (κ3) is 1.40. The van der Waals surface area contributed by atoms with E-state index >= 15 is 0 Å². The lowest BCUT2D eigenvalue weighted by atomic mass is 9.63. The van der Waals surface area contributed by atoms with Gasteiger partial charge in [0, 0.05) is 11.1 Å². The number of rotatable bonds is 0. The molecule has 0 amide bonds. The van der Waals surface area contributed by atoms with Crippen molar-refractivity contribution in [3.05, 3.63) is 0 Å². The first-order chi connectivity index (χ1) is 6.13. The van der Waals surface area contributed by atoms with Crippen molar-refractivity contribution in [3.8, 4) is 0 Å². The lowest BCUT2D eigenvalue weighted by Crippen LogP contribution is -2.65. The van der Waals surface area contributed by atoms with Gasteiger partial charge >= 0.3 is 0 Å². The number of piperidine rings is 1. The van der Waals surface area contributed by atoms with Gasteiger partial charge in [-0.3, -0.25) is 0 Å². The van der Waals surface area contributed by atoms with Crippen LogP contribution in [0.2, 0.25) is 0 Å². The van der Waals surface area contributed by atoms with Crippen molar-refractivity contribution >= 4 is 0 Å². The van der Waals surface area contributed by atoms with Crippen molar-refractivity contribution in [3.63, 3.8) is 0 Å². The topological polar surface area (TPSA) is 23.1 Å². The molecule has 14 heavy (non-hydrogen) atoms. The Bertz CT molecular complexity index is 200. The zero-order chi connectivity index (χ0) is 11.3. The highest BCUT2D eigenvalue weighted by molar-refractivity contribution is 5.02. The van der Waals surface area contributed by atoms with Crippen molar-refractivity contribution in [1.29, 1.82) is 0 Å². The number of hydroxylamine groups is 2. The minimum absolute atomic E-state index is 0.241. The lowest BCUT2D eigenvalue weighted by molar-refractivity contribution is -0.322. The van der Waals surface area contributed by atoms with Crippen LogP contribution in [0.1, 0.15) is 48.5 Å². The van der Waals surface area contributed by atoms with E-state index < -0.39 is 0 Å². The van der Waals surface area contributed by atoms with E-state index in [0.29, 0.717) is 17.8 Å². The Morgan fingerprint density at radius 1 is 0.857 bits per heavy atom. The number of nitrogens with zero attached hydrogens (tertiary/aromatic N) is 1. The molecule has 0 aliphatic carbocycles. The summed E-state index contributed by atoms with van der Waals surface area (Å²) in [6.45, 7) is 14.9. The van der Waals surface area contributed by atoms with E-state index in [4.69, 9.17) is 0 Å². The Labute approximate surface area is 88.3 Å². The second-order valence-electron chi connectivity index (χ2n) is 6.04. The van der Waals surface area contributed by atoms with Gasteiger partial charge in [0.15, 0.2) is 0 Å². The maximum Gasteiger partial charge on any atom is 0.0471 e.